The van der Waals surface area contributed by atoms with Gasteiger partial charge in [0.15, 0.2) is 0 Å². The van der Waals surface area contributed by atoms with Crippen molar-refractivity contribution in [2.75, 3.05) is 13.1 Å². The molecule has 1 saturated carbocycles. The zero-order valence-electron chi connectivity index (χ0n) is 13.5. The standard InChI is InChI=1S/C16H19F3N2O3S/c1-2-21(9-14(22)23)12-7-11(8-12)20-15(24)10-3-5-13(6-4-10)25-16(17,18)19/h3-6,11-12H,2,7-9H2,1H3,(H,20,24)(H,22,23). The van der Waals surface area contributed by atoms with Crippen LogP contribution in [0.15, 0.2) is 29.2 Å². The Morgan fingerprint density at radius 3 is 2.36 bits per heavy atom. The number of carboxylic acid groups (broad SMARTS) is 1. The summed E-state index contributed by atoms with van der Waals surface area (Å²) >= 11 is -0.224. The molecule has 1 amide bonds. The number of carbonyl (C=O) groups is 2. The van der Waals surface area contributed by atoms with E-state index >= 15 is 0 Å². The van der Waals surface area contributed by atoms with Crippen molar-refractivity contribution in [2.24, 2.45) is 0 Å². The van der Waals surface area contributed by atoms with Crippen LogP contribution in [-0.2, 0) is 4.79 Å². The number of alkyl halides is 3. The van der Waals surface area contributed by atoms with Crippen molar-refractivity contribution in [3.8, 4) is 0 Å². The maximum Gasteiger partial charge on any atom is 0.446 e. The van der Waals surface area contributed by atoms with E-state index in [1.54, 1.807) is 0 Å². The molecule has 9 heteroatoms. The second-order valence-corrected chi connectivity index (χ2v) is 6.96. The molecule has 1 aliphatic rings. The van der Waals surface area contributed by atoms with Crippen LogP contribution in [0.25, 0.3) is 0 Å². The predicted molar refractivity (Wildman–Crippen MR) is 87.5 cm³/mol. The maximum atomic E-state index is 12.3. The average molecular weight is 376 g/mol. The number of halogens is 3. The summed E-state index contributed by atoms with van der Waals surface area (Å²) in [5.74, 6) is -1.22. The van der Waals surface area contributed by atoms with E-state index in [4.69, 9.17) is 5.11 Å². The molecule has 0 heterocycles. The van der Waals surface area contributed by atoms with Gasteiger partial charge < -0.3 is 10.4 Å². The number of amides is 1. The van der Waals surface area contributed by atoms with Crippen molar-refractivity contribution in [1.82, 2.24) is 10.2 Å². The summed E-state index contributed by atoms with van der Waals surface area (Å²) in [7, 11) is 0. The highest BCUT2D eigenvalue weighted by Crippen LogP contribution is 2.36. The number of rotatable bonds is 7. The van der Waals surface area contributed by atoms with Gasteiger partial charge >= 0.3 is 11.5 Å². The van der Waals surface area contributed by atoms with E-state index in [-0.39, 0.29) is 41.2 Å². The molecule has 0 aromatic heterocycles. The minimum absolute atomic E-state index is 0.0276. The summed E-state index contributed by atoms with van der Waals surface area (Å²) in [6.07, 6.45) is 1.32. The van der Waals surface area contributed by atoms with Crippen LogP contribution in [0, 0.1) is 0 Å². The number of thioether (sulfide) groups is 1. The maximum absolute atomic E-state index is 12.3. The monoisotopic (exact) mass is 376 g/mol. The third-order valence-corrected chi connectivity index (χ3v) is 4.80. The van der Waals surface area contributed by atoms with E-state index in [1.165, 1.54) is 24.3 Å². The lowest BCUT2D eigenvalue weighted by molar-refractivity contribution is -0.139. The fourth-order valence-electron chi connectivity index (χ4n) is 2.75. The van der Waals surface area contributed by atoms with E-state index < -0.39 is 11.5 Å². The Labute approximate surface area is 147 Å². The van der Waals surface area contributed by atoms with Crippen molar-refractivity contribution < 1.29 is 27.9 Å². The number of nitrogens with one attached hydrogen (secondary N) is 1. The molecule has 0 bridgehead atoms. The van der Waals surface area contributed by atoms with Crippen molar-refractivity contribution in [2.45, 2.75) is 42.3 Å². The van der Waals surface area contributed by atoms with E-state index in [0.717, 1.165) is 0 Å². The Balaban J connectivity index is 1.82. The third kappa shape index (κ3) is 5.93. The molecule has 1 aromatic carbocycles. The van der Waals surface area contributed by atoms with Gasteiger partial charge in [-0.3, -0.25) is 14.5 Å². The lowest BCUT2D eigenvalue weighted by Crippen LogP contribution is -2.54. The fourth-order valence-corrected chi connectivity index (χ4v) is 3.29. The number of carboxylic acids is 1. The highest BCUT2D eigenvalue weighted by atomic mass is 32.2. The highest BCUT2D eigenvalue weighted by molar-refractivity contribution is 8.00. The lowest BCUT2D eigenvalue weighted by Gasteiger charge is -2.42. The second kappa shape index (κ2) is 8.09. The summed E-state index contributed by atoms with van der Waals surface area (Å²) in [5.41, 5.74) is -4.06. The number of nitrogens with zero attached hydrogens (tertiary/aromatic N) is 1. The normalized spacial score (nSPS) is 20.2. The highest BCUT2D eigenvalue weighted by Gasteiger charge is 2.35. The van der Waals surface area contributed by atoms with Gasteiger partial charge in [0, 0.05) is 22.5 Å². The summed E-state index contributed by atoms with van der Waals surface area (Å²) in [5, 5.41) is 11.7. The van der Waals surface area contributed by atoms with Crippen LogP contribution in [-0.4, -0.2) is 52.6 Å². The Kier molecular flexibility index (Phi) is 6.34. The summed E-state index contributed by atoms with van der Waals surface area (Å²) < 4.78 is 36.8. The number of aliphatic carboxylic acids is 1. The molecular formula is C16H19F3N2O3S. The third-order valence-electron chi connectivity index (χ3n) is 4.06. The van der Waals surface area contributed by atoms with Crippen molar-refractivity contribution in [1.29, 1.82) is 0 Å². The van der Waals surface area contributed by atoms with Gasteiger partial charge in [0.2, 0.25) is 0 Å². The van der Waals surface area contributed by atoms with Crippen LogP contribution >= 0.6 is 11.8 Å². The van der Waals surface area contributed by atoms with Crippen LogP contribution in [0.5, 0.6) is 0 Å². The molecule has 0 unspecified atom stereocenters. The van der Waals surface area contributed by atoms with Gasteiger partial charge in [0.25, 0.3) is 5.91 Å². The van der Waals surface area contributed by atoms with Gasteiger partial charge in [-0.05, 0) is 55.4 Å². The molecule has 0 saturated heterocycles. The molecule has 0 aliphatic heterocycles. The van der Waals surface area contributed by atoms with Crippen molar-refractivity contribution in [3.63, 3.8) is 0 Å². The van der Waals surface area contributed by atoms with Crippen LogP contribution in [0.3, 0.4) is 0 Å². The van der Waals surface area contributed by atoms with Gasteiger partial charge in [0.1, 0.15) is 0 Å². The Morgan fingerprint density at radius 1 is 1.28 bits per heavy atom. The van der Waals surface area contributed by atoms with Crippen LogP contribution in [0.4, 0.5) is 13.2 Å². The first kappa shape index (κ1) is 19.6. The smallest absolute Gasteiger partial charge is 0.446 e. The fraction of sp³-hybridized carbons (Fsp3) is 0.500. The van der Waals surface area contributed by atoms with Crippen molar-refractivity contribution in [3.05, 3.63) is 29.8 Å². The van der Waals surface area contributed by atoms with E-state index in [9.17, 15) is 22.8 Å². The number of benzene rings is 1. The van der Waals surface area contributed by atoms with Crippen LogP contribution in [0.1, 0.15) is 30.1 Å². The average Bonchev–Trinajstić information content (AvgIpc) is 2.47. The molecule has 1 aromatic rings. The van der Waals surface area contributed by atoms with Gasteiger partial charge in [-0.1, -0.05) is 6.92 Å². The molecule has 2 N–H and O–H groups in total. The molecule has 1 fully saturated rings. The van der Waals surface area contributed by atoms with E-state index in [2.05, 4.69) is 5.32 Å². The zero-order chi connectivity index (χ0) is 18.6. The number of likely N-dealkylation sites (N-methyl/N-ethyl adjacent to an activating group) is 1. The quantitative estimate of drug-likeness (QED) is 0.716. The molecule has 0 radical (unpaired) electrons. The van der Waals surface area contributed by atoms with Gasteiger partial charge in [-0.15, -0.1) is 0 Å². The largest absolute Gasteiger partial charge is 0.480 e. The number of hydrogen-bond donors (Lipinski definition) is 2. The molecule has 0 atom stereocenters. The summed E-state index contributed by atoms with van der Waals surface area (Å²) in [6, 6.07) is 5.33. The summed E-state index contributed by atoms with van der Waals surface area (Å²) in [4.78, 5) is 24.8. The Morgan fingerprint density at radius 2 is 1.88 bits per heavy atom. The van der Waals surface area contributed by atoms with Crippen molar-refractivity contribution >= 4 is 23.6 Å². The van der Waals surface area contributed by atoms with Crippen LogP contribution in [0.2, 0.25) is 0 Å². The first-order valence-electron chi connectivity index (χ1n) is 7.80. The van der Waals surface area contributed by atoms with Gasteiger partial charge in [0.05, 0.1) is 6.54 Å². The molecule has 2 rings (SSSR count). The zero-order valence-corrected chi connectivity index (χ0v) is 14.4. The van der Waals surface area contributed by atoms with Gasteiger partial charge in [-0.2, -0.15) is 13.2 Å². The first-order chi connectivity index (χ1) is 11.7. The molecule has 5 nitrogen and oxygen atoms in total. The topological polar surface area (TPSA) is 69.6 Å². The summed E-state index contributed by atoms with van der Waals surface area (Å²) in [6.45, 7) is 2.48. The van der Waals surface area contributed by atoms with Gasteiger partial charge in [-0.25, -0.2) is 0 Å². The lowest BCUT2D eigenvalue weighted by atomic mass is 9.85. The first-order valence-corrected chi connectivity index (χ1v) is 8.62. The predicted octanol–water partition coefficient (Wildman–Crippen LogP) is 2.97. The molecule has 25 heavy (non-hydrogen) atoms. The van der Waals surface area contributed by atoms with E-state index in [1.807, 2.05) is 11.8 Å². The molecule has 1 aliphatic carbocycles. The Bertz CT molecular complexity index is 616. The van der Waals surface area contributed by atoms with E-state index in [0.29, 0.717) is 24.9 Å². The van der Waals surface area contributed by atoms with Crippen LogP contribution < -0.4 is 5.32 Å². The minimum Gasteiger partial charge on any atom is -0.480 e. The number of carbonyl (C=O) groups excluding carboxylic acids is 1. The SMILES string of the molecule is CCN(CC(=O)O)C1CC(NC(=O)c2ccc(SC(F)(F)F)cc2)C1. The molecule has 0 spiro atoms. The Hall–Kier alpha value is -1.74. The second-order valence-electron chi connectivity index (χ2n) is 5.82. The number of hydrogen-bond acceptors (Lipinski definition) is 4. The molecular weight excluding hydrogens is 357 g/mol. The molecule has 138 valence electrons. The minimum atomic E-state index is -4.36.